The molecule has 80 valence electrons. The topological polar surface area (TPSA) is 15.3 Å². The minimum Gasteiger partial charge on any atom is -0.314 e. The first kappa shape index (κ1) is 9.64. The Balaban J connectivity index is 2.01. The fourth-order valence-corrected chi connectivity index (χ4v) is 2.87. The van der Waals surface area contributed by atoms with Crippen LogP contribution >= 0.6 is 11.6 Å². The number of nitrogens with zero attached hydrogens (tertiary/aromatic N) is 1. The molecule has 0 aliphatic carbocycles. The second kappa shape index (κ2) is 3.78. The van der Waals surface area contributed by atoms with E-state index in [0.29, 0.717) is 6.04 Å². The lowest BCUT2D eigenvalue weighted by Crippen LogP contribution is -2.48. The quantitative estimate of drug-likeness (QED) is 0.721. The highest BCUT2D eigenvalue weighted by Gasteiger charge is 2.29. The van der Waals surface area contributed by atoms with Gasteiger partial charge >= 0.3 is 0 Å². The predicted molar refractivity (Wildman–Crippen MR) is 62.3 cm³/mol. The maximum Gasteiger partial charge on any atom is 0.0476 e. The molecule has 2 heterocycles. The lowest BCUT2D eigenvalue weighted by molar-refractivity contribution is 0.152. The van der Waals surface area contributed by atoms with Crippen molar-refractivity contribution in [1.82, 2.24) is 10.2 Å². The number of halogens is 1. The molecule has 0 spiro atoms. The molecule has 2 aliphatic rings. The molecule has 1 N–H and O–H groups in total. The monoisotopic (exact) mass is 222 g/mol. The van der Waals surface area contributed by atoms with Crippen molar-refractivity contribution in [3.05, 3.63) is 34.3 Å². The molecule has 0 unspecified atom stereocenters. The van der Waals surface area contributed by atoms with E-state index in [1.54, 1.807) is 0 Å². The molecule has 1 saturated heterocycles. The van der Waals surface area contributed by atoms with E-state index < -0.39 is 0 Å². The van der Waals surface area contributed by atoms with E-state index in [9.17, 15) is 0 Å². The Morgan fingerprint density at radius 1 is 1.33 bits per heavy atom. The van der Waals surface area contributed by atoms with Crippen molar-refractivity contribution in [2.75, 3.05) is 26.2 Å². The van der Waals surface area contributed by atoms with Crippen LogP contribution in [0.2, 0.25) is 5.02 Å². The van der Waals surface area contributed by atoms with E-state index in [4.69, 9.17) is 11.6 Å². The first-order valence-electron chi connectivity index (χ1n) is 5.58. The summed E-state index contributed by atoms with van der Waals surface area (Å²) < 4.78 is 0. The largest absolute Gasteiger partial charge is 0.314 e. The summed E-state index contributed by atoms with van der Waals surface area (Å²) in [6.45, 7) is 4.54. The van der Waals surface area contributed by atoms with Crippen molar-refractivity contribution < 1.29 is 0 Å². The van der Waals surface area contributed by atoms with Crippen LogP contribution in [0, 0.1) is 0 Å². The van der Waals surface area contributed by atoms with Crippen molar-refractivity contribution in [2.24, 2.45) is 0 Å². The summed E-state index contributed by atoms with van der Waals surface area (Å²) in [6.07, 6.45) is 1.17. The standard InChI is InChI=1S/C12H15ClN2/c13-10-2-1-9-3-5-15-6-4-14-8-12(15)11(9)7-10/h1-2,7,12,14H,3-6,8H2/t12-/m1/s1. The van der Waals surface area contributed by atoms with Crippen LogP contribution in [0.4, 0.5) is 0 Å². The van der Waals surface area contributed by atoms with Crippen LogP contribution < -0.4 is 5.32 Å². The molecule has 1 atom stereocenters. The Bertz CT molecular complexity index is 378. The Labute approximate surface area is 95.2 Å². The molecule has 0 bridgehead atoms. The maximum absolute atomic E-state index is 6.07. The molecule has 3 heteroatoms. The highest BCUT2D eigenvalue weighted by molar-refractivity contribution is 6.30. The molecule has 2 aliphatic heterocycles. The smallest absolute Gasteiger partial charge is 0.0476 e. The lowest BCUT2D eigenvalue weighted by atomic mass is 9.91. The SMILES string of the molecule is Clc1ccc2c(c1)[C@H]1CNCCN1CC2. The highest BCUT2D eigenvalue weighted by atomic mass is 35.5. The first-order valence-corrected chi connectivity index (χ1v) is 5.95. The minimum atomic E-state index is 0.543. The molecule has 1 fully saturated rings. The zero-order valence-corrected chi connectivity index (χ0v) is 9.43. The minimum absolute atomic E-state index is 0.543. The van der Waals surface area contributed by atoms with Crippen LogP contribution in [0.3, 0.4) is 0 Å². The third-order valence-corrected chi connectivity index (χ3v) is 3.72. The number of benzene rings is 1. The van der Waals surface area contributed by atoms with Crippen LogP contribution in [0.25, 0.3) is 0 Å². The first-order chi connectivity index (χ1) is 7.34. The van der Waals surface area contributed by atoms with Gasteiger partial charge in [0.2, 0.25) is 0 Å². The summed E-state index contributed by atoms with van der Waals surface area (Å²) in [5, 5.41) is 4.32. The van der Waals surface area contributed by atoms with E-state index in [2.05, 4.69) is 22.3 Å². The van der Waals surface area contributed by atoms with Crippen molar-refractivity contribution in [3.8, 4) is 0 Å². The molecule has 3 rings (SSSR count). The second-order valence-corrected chi connectivity index (χ2v) is 4.79. The van der Waals surface area contributed by atoms with Gasteiger partial charge < -0.3 is 5.32 Å². The average Bonchev–Trinajstić information content (AvgIpc) is 2.29. The molecule has 0 aromatic heterocycles. The molecule has 2 nitrogen and oxygen atoms in total. The Morgan fingerprint density at radius 2 is 2.27 bits per heavy atom. The third kappa shape index (κ3) is 1.67. The lowest BCUT2D eigenvalue weighted by Gasteiger charge is -2.40. The summed E-state index contributed by atoms with van der Waals surface area (Å²) in [5.74, 6) is 0. The normalized spacial score (nSPS) is 25.8. The Morgan fingerprint density at radius 3 is 3.20 bits per heavy atom. The van der Waals surface area contributed by atoms with Crippen molar-refractivity contribution in [1.29, 1.82) is 0 Å². The van der Waals surface area contributed by atoms with Gasteiger partial charge in [0.1, 0.15) is 0 Å². The summed E-state index contributed by atoms with van der Waals surface area (Å²) in [4.78, 5) is 2.56. The van der Waals surface area contributed by atoms with Crippen LogP contribution in [-0.2, 0) is 6.42 Å². The predicted octanol–water partition coefficient (Wildman–Crippen LogP) is 1.84. The van der Waals surface area contributed by atoms with E-state index in [1.807, 2.05) is 6.07 Å². The van der Waals surface area contributed by atoms with Crippen LogP contribution in [0.15, 0.2) is 18.2 Å². The van der Waals surface area contributed by atoms with Gasteiger partial charge in [-0.05, 0) is 29.7 Å². The molecule has 0 saturated carbocycles. The van der Waals surface area contributed by atoms with Crippen molar-refractivity contribution >= 4 is 11.6 Å². The second-order valence-electron chi connectivity index (χ2n) is 4.35. The molecule has 0 amide bonds. The number of hydrogen-bond donors (Lipinski definition) is 1. The molecule has 1 aromatic carbocycles. The van der Waals surface area contributed by atoms with Crippen LogP contribution in [-0.4, -0.2) is 31.1 Å². The molecule has 1 aromatic rings. The van der Waals surface area contributed by atoms with Crippen LogP contribution in [0.1, 0.15) is 17.2 Å². The summed E-state index contributed by atoms with van der Waals surface area (Å²) in [6, 6.07) is 6.87. The van der Waals surface area contributed by atoms with Gasteiger partial charge in [-0.3, -0.25) is 4.90 Å². The number of hydrogen-bond acceptors (Lipinski definition) is 2. The highest BCUT2D eigenvalue weighted by Crippen LogP contribution is 2.32. The van der Waals surface area contributed by atoms with Crippen LogP contribution in [0.5, 0.6) is 0 Å². The van der Waals surface area contributed by atoms with Crippen molar-refractivity contribution in [3.63, 3.8) is 0 Å². The maximum atomic E-state index is 6.07. The third-order valence-electron chi connectivity index (χ3n) is 3.49. The molecular weight excluding hydrogens is 208 g/mol. The Hall–Kier alpha value is -0.570. The van der Waals surface area contributed by atoms with Gasteiger partial charge in [0.05, 0.1) is 0 Å². The molecular formula is C12H15ClN2. The Kier molecular flexibility index (Phi) is 2.43. The zero-order chi connectivity index (χ0) is 10.3. The molecule has 0 radical (unpaired) electrons. The van der Waals surface area contributed by atoms with E-state index in [-0.39, 0.29) is 0 Å². The zero-order valence-electron chi connectivity index (χ0n) is 8.67. The van der Waals surface area contributed by atoms with Gasteiger partial charge in [-0.1, -0.05) is 17.7 Å². The number of piperazine rings is 1. The number of rotatable bonds is 0. The van der Waals surface area contributed by atoms with Gasteiger partial charge in [0.25, 0.3) is 0 Å². The fraction of sp³-hybridized carbons (Fsp3) is 0.500. The van der Waals surface area contributed by atoms with Gasteiger partial charge in [0.15, 0.2) is 0 Å². The summed E-state index contributed by atoms with van der Waals surface area (Å²) in [5.41, 5.74) is 2.91. The number of nitrogens with one attached hydrogen (secondary N) is 1. The summed E-state index contributed by atoms with van der Waals surface area (Å²) >= 11 is 6.07. The van der Waals surface area contributed by atoms with Gasteiger partial charge in [-0.25, -0.2) is 0 Å². The van der Waals surface area contributed by atoms with Gasteiger partial charge in [-0.2, -0.15) is 0 Å². The van der Waals surface area contributed by atoms with E-state index in [1.165, 1.54) is 24.1 Å². The van der Waals surface area contributed by atoms with Crippen molar-refractivity contribution in [2.45, 2.75) is 12.5 Å². The van der Waals surface area contributed by atoms with Gasteiger partial charge in [-0.15, -0.1) is 0 Å². The van der Waals surface area contributed by atoms with E-state index >= 15 is 0 Å². The number of fused-ring (bicyclic) bond motifs is 3. The average molecular weight is 223 g/mol. The van der Waals surface area contributed by atoms with E-state index in [0.717, 1.165) is 24.7 Å². The summed E-state index contributed by atoms with van der Waals surface area (Å²) in [7, 11) is 0. The van der Waals surface area contributed by atoms with Gasteiger partial charge in [0, 0.05) is 37.2 Å². The fourth-order valence-electron chi connectivity index (χ4n) is 2.69. The molecule has 15 heavy (non-hydrogen) atoms.